The maximum Gasteiger partial charge on any atom is 0.374 e. The largest absolute Gasteiger partial charge is 0.495 e. The number of carboxylic acid groups (broad SMARTS) is 1. The highest BCUT2D eigenvalue weighted by Crippen LogP contribution is 2.24. The number of hydrogen-bond acceptors (Lipinski definition) is 3. The molecular formula is C9H9F2NO3. The summed E-state index contributed by atoms with van der Waals surface area (Å²) in [4.78, 5) is 13.9. The van der Waals surface area contributed by atoms with Gasteiger partial charge in [0.1, 0.15) is 5.75 Å². The lowest BCUT2D eigenvalue weighted by molar-refractivity contribution is -0.164. The Hall–Kier alpha value is -1.72. The summed E-state index contributed by atoms with van der Waals surface area (Å²) < 4.78 is 30.5. The quantitative estimate of drug-likeness (QED) is 0.827. The van der Waals surface area contributed by atoms with Crippen molar-refractivity contribution in [3.8, 4) is 5.75 Å². The van der Waals surface area contributed by atoms with Crippen molar-refractivity contribution in [2.24, 2.45) is 0 Å². The fourth-order valence-electron chi connectivity index (χ4n) is 1.03. The van der Waals surface area contributed by atoms with Crippen LogP contribution in [0.4, 0.5) is 8.78 Å². The third kappa shape index (κ3) is 2.61. The van der Waals surface area contributed by atoms with Crippen LogP contribution in [0.5, 0.6) is 5.75 Å². The van der Waals surface area contributed by atoms with Crippen LogP contribution >= 0.6 is 0 Å². The molecule has 1 aromatic rings. The summed E-state index contributed by atoms with van der Waals surface area (Å²) >= 11 is 0. The highest BCUT2D eigenvalue weighted by atomic mass is 19.3. The highest BCUT2D eigenvalue weighted by molar-refractivity contribution is 5.75. The molecule has 0 aliphatic rings. The number of halogens is 2. The molecule has 1 aromatic heterocycles. The first-order chi connectivity index (χ1) is 6.97. The molecule has 1 N–H and O–H groups in total. The second-order valence-electron chi connectivity index (χ2n) is 2.84. The van der Waals surface area contributed by atoms with Crippen molar-refractivity contribution < 1.29 is 23.4 Å². The second-order valence-corrected chi connectivity index (χ2v) is 2.84. The minimum atomic E-state index is -3.83. The number of rotatable bonds is 4. The molecule has 0 fully saturated rings. The number of aromatic nitrogens is 1. The number of pyridine rings is 1. The fraction of sp³-hybridized carbons (Fsp3) is 0.333. The molecule has 82 valence electrons. The molecule has 1 heterocycles. The number of ether oxygens (including phenoxy) is 1. The van der Waals surface area contributed by atoms with E-state index in [2.05, 4.69) is 4.98 Å². The van der Waals surface area contributed by atoms with Gasteiger partial charge in [0.15, 0.2) is 0 Å². The van der Waals surface area contributed by atoms with E-state index in [-0.39, 0.29) is 11.4 Å². The molecule has 0 aromatic carbocycles. The van der Waals surface area contributed by atoms with Gasteiger partial charge in [-0.15, -0.1) is 0 Å². The first-order valence-corrected chi connectivity index (χ1v) is 4.06. The normalized spacial score (nSPS) is 11.1. The molecule has 4 nitrogen and oxygen atoms in total. The van der Waals surface area contributed by atoms with E-state index < -0.39 is 18.3 Å². The van der Waals surface area contributed by atoms with Gasteiger partial charge in [-0.2, -0.15) is 8.78 Å². The van der Waals surface area contributed by atoms with Gasteiger partial charge in [0.2, 0.25) is 0 Å². The van der Waals surface area contributed by atoms with Crippen LogP contribution in [-0.4, -0.2) is 29.1 Å². The predicted molar refractivity (Wildman–Crippen MR) is 47.1 cm³/mol. The van der Waals surface area contributed by atoms with Crippen LogP contribution in [-0.2, 0) is 11.2 Å². The smallest absolute Gasteiger partial charge is 0.374 e. The molecule has 0 aliphatic carbocycles. The predicted octanol–water partition coefficient (Wildman–Crippen LogP) is 1.35. The average Bonchev–Trinajstić information content (AvgIpc) is 2.18. The SMILES string of the molecule is COc1cccnc1CC(F)(F)C(=O)O. The molecule has 15 heavy (non-hydrogen) atoms. The van der Waals surface area contributed by atoms with Crippen molar-refractivity contribution in [1.82, 2.24) is 4.98 Å². The van der Waals surface area contributed by atoms with Crippen molar-refractivity contribution in [2.75, 3.05) is 7.11 Å². The van der Waals surface area contributed by atoms with Crippen molar-refractivity contribution in [3.05, 3.63) is 24.0 Å². The Labute approximate surface area is 84.5 Å². The van der Waals surface area contributed by atoms with E-state index in [1.807, 2.05) is 0 Å². The van der Waals surface area contributed by atoms with Crippen molar-refractivity contribution in [2.45, 2.75) is 12.3 Å². The monoisotopic (exact) mass is 217 g/mol. The molecule has 0 aliphatic heterocycles. The molecule has 0 radical (unpaired) electrons. The lowest BCUT2D eigenvalue weighted by Crippen LogP contribution is -2.31. The van der Waals surface area contributed by atoms with E-state index in [4.69, 9.17) is 9.84 Å². The number of aliphatic carboxylic acids is 1. The Kier molecular flexibility index (Phi) is 3.18. The Morgan fingerprint density at radius 3 is 2.87 bits per heavy atom. The average molecular weight is 217 g/mol. The standard InChI is InChI=1S/C9H9F2NO3/c1-15-7-3-2-4-12-6(7)5-9(10,11)8(13)14/h2-4H,5H2,1H3,(H,13,14). The van der Waals surface area contributed by atoms with Crippen LogP contribution < -0.4 is 4.74 Å². The molecule has 0 saturated heterocycles. The molecule has 0 unspecified atom stereocenters. The zero-order valence-electron chi connectivity index (χ0n) is 7.91. The number of alkyl halides is 2. The van der Waals surface area contributed by atoms with Gasteiger partial charge in [-0.25, -0.2) is 4.79 Å². The van der Waals surface area contributed by atoms with Crippen molar-refractivity contribution in [1.29, 1.82) is 0 Å². The second kappa shape index (κ2) is 4.20. The Bertz CT molecular complexity index is 368. The minimum Gasteiger partial charge on any atom is -0.495 e. The zero-order valence-corrected chi connectivity index (χ0v) is 7.91. The van der Waals surface area contributed by atoms with Gasteiger partial charge < -0.3 is 9.84 Å². The van der Waals surface area contributed by atoms with Crippen molar-refractivity contribution >= 4 is 5.97 Å². The van der Waals surface area contributed by atoms with Crippen LogP contribution in [0, 0.1) is 0 Å². The molecule has 0 amide bonds. The summed E-state index contributed by atoms with van der Waals surface area (Å²) in [7, 11) is 1.30. The topological polar surface area (TPSA) is 59.4 Å². The van der Waals surface area contributed by atoms with Gasteiger partial charge in [-0.05, 0) is 12.1 Å². The molecule has 0 spiro atoms. The summed E-state index contributed by atoms with van der Waals surface area (Å²) in [6.07, 6.45) is 0.322. The van der Waals surface area contributed by atoms with Gasteiger partial charge in [-0.3, -0.25) is 4.98 Å². The van der Waals surface area contributed by atoms with Gasteiger partial charge >= 0.3 is 11.9 Å². The van der Waals surface area contributed by atoms with E-state index in [1.54, 1.807) is 0 Å². The van der Waals surface area contributed by atoms with Crippen LogP contribution in [0.3, 0.4) is 0 Å². The Morgan fingerprint density at radius 2 is 2.33 bits per heavy atom. The van der Waals surface area contributed by atoms with E-state index in [9.17, 15) is 13.6 Å². The summed E-state index contributed by atoms with van der Waals surface area (Å²) in [5.74, 6) is -5.85. The third-order valence-corrected chi connectivity index (χ3v) is 1.77. The van der Waals surface area contributed by atoms with Crippen LogP contribution in [0.2, 0.25) is 0 Å². The first-order valence-electron chi connectivity index (χ1n) is 4.06. The Morgan fingerprint density at radius 1 is 1.67 bits per heavy atom. The molecule has 0 saturated carbocycles. The minimum absolute atomic E-state index is 0.0765. The van der Waals surface area contributed by atoms with E-state index >= 15 is 0 Å². The zero-order chi connectivity index (χ0) is 11.5. The van der Waals surface area contributed by atoms with E-state index in [1.165, 1.54) is 25.4 Å². The molecular weight excluding hydrogens is 208 g/mol. The first kappa shape index (κ1) is 11.4. The molecule has 1 rings (SSSR count). The van der Waals surface area contributed by atoms with E-state index in [0.29, 0.717) is 0 Å². The van der Waals surface area contributed by atoms with Crippen LogP contribution in [0.1, 0.15) is 5.69 Å². The number of carbonyl (C=O) groups is 1. The van der Waals surface area contributed by atoms with Crippen molar-refractivity contribution in [3.63, 3.8) is 0 Å². The third-order valence-electron chi connectivity index (χ3n) is 1.77. The molecule has 0 atom stereocenters. The highest BCUT2D eigenvalue weighted by Gasteiger charge is 2.40. The van der Waals surface area contributed by atoms with Gasteiger partial charge in [0, 0.05) is 6.20 Å². The number of nitrogens with zero attached hydrogens (tertiary/aromatic N) is 1. The van der Waals surface area contributed by atoms with Crippen LogP contribution in [0.25, 0.3) is 0 Å². The summed E-state index contributed by atoms with van der Waals surface area (Å²) in [6, 6.07) is 2.96. The number of hydrogen-bond donors (Lipinski definition) is 1. The van der Waals surface area contributed by atoms with Gasteiger partial charge in [-0.1, -0.05) is 0 Å². The Balaban J connectivity index is 2.94. The fourth-order valence-corrected chi connectivity index (χ4v) is 1.03. The maximum absolute atomic E-state index is 12.9. The maximum atomic E-state index is 12.9. The summed E-state index contributed by atoms with van der Waals surface area (Å²) in [5.41, 5.74) is -0.0765. The summed E-state index contributed by atoms with van der Waals surface area (Å²) in [6.45, 7) is 0. The van der Waals surface area contributed by atoms with Crippen LogP contribution in [0.15, 0.2) is 18.3 Å². The number of carboxylic acids is 1. The van der Waals surface area contributed by atoms with Gasteiger partial charge in [0.05, 0.1) is 19.2 Å². The number of methoxy groups -OCH3 is 1. The van der Waals surface area contributed by atoms with Gasteiger partial charge in [0.25, 0.3) is 0 Å². The lowest BCUT2D eigenvalue weighted by Gasteiger charge is -2.12. The summed E-state index contributed by atoms with van der Waals surface area (Å²) in [5, 5.41) is 8.25. The molecule has 0 bridgehead atoms. The molecule has 6 heteroatoms. The van der Waals surface area contributed by atoms with E-state index in [0.717, 1.165) is 0 Å². The lowest BCUT2D eigenvalue weighted by atomic mass is 10.1.